The number of hydrogen-bond acceptors (Lipinski definition) is 3. The molecule has 0 rings (SSSR count). The number of rotatable bonds is 16. The number of hydrogen-bond donors (Lipinski definition) is 0. The van der Waals surface area contributed by atoms with Gasteiger partial charge in [-0.15, -0.1) is 21.8 Å². The molecule has 0 unspecified atom stereocenters. The minimum Gasteiger partial charge on any atom is -0.294 e. The minimum absolute atomic E-state index is 0.483. The number of carbonyl (C=O) groups excluding carboxylic acids is 1. The standard InChI is InChI=1S/C18H35IO3Si/c1-4-18(20)22-21-16-14-12-10-8-6-5-7-9-11-13-15-17-23(2,3)19/h4H,1,5-17H2,2-3H3. The van der Waals surface area contributed by atoms with E-state index < -0.39 is 11.5 Å². The van der Waals surface area contributed by atoms with E-state index in [4.69, 9.17) is 4.89 Å². The van der Waals surface area contributed by atoms with Crippen LogP contribution in [0, 0.1) is 0 Å². The Morgan fingerprint density at radius 2 is 1.35 bits per heavy atom. The molecule has 0 fully saturated rings. The molecule has 136 valence electrons. The quantitative estimate of drug-likeness (QED) is 0.0503. The third-order valence-electron chi connectivity index (χ3n) is 3.81. The molecule has 0 N–H and O–H groups in total. The summed E-state index contributed by atoms with van der Waals surface area (Å²) in [4.78, 5) is 19.9. The van der Waals surface area contributed by atoms with Crippen LogP contribution in [0.15, 0.2) is 12.7 Å². The Morgan fingerprint density at radius 1 is 0.913 bits per heavy atom. The van der Waals surface area contributed by atoms with Gasteiger partial charge in [0.1, 0.15) is 5.57 Å². The molecule has 0 aliphatic heterocycles. The zero-order valence-electron chi connectivity index (χ0n) is 15.1. The first-order valence-electron chi connectivity index (χ1n) is 9.10. The van der Waals surface area contributed by atoms with Crippen molar-refractivity contribution >= 4 is 33.3 Å². The fourth-order valence-corrected chi connectivity index (χ4v) is 4.67. The molecule has 0 amide bonds. The van der Waals surface area contributed by atoms with Crippen molar-refractivity contribution in [3.8, 4) is 0 Å². The van der Waals surface area contributed by atoms with Crippen LogP contribution in [-0.4, -0.2) is 18.1 Å². The Balaban J connectivity index is 3.08. The van der Waals surface area contributed by atoms with E-state index >= 15 is 0 Å². The Kier molecular flexibility index (Phi) is 15.7. The van der Waals surface area contributed by atoms with Crippen molar-refractivity contribution in [1.82, 2.24) is 0 Å². The summed E-state index contributed by atoms with van der Waals surface area (Å²) in [5.74, 6) is -0.523. The highest BCUT2D eigenvalue weighted by atomic mass is 127. The Labute approximate surface area is 156 Å². The van der Waals surface area contributed by atoms with Crippen LogP contribution in [0.25, 0.3) is 0 Å². The molecule has 0 spiro atoms. The van der Waals surface area contributed by atoms with E-state index in [-0.39, 0.29) is 0 Å². The van der Waals surface area contributed by atoms with Crippen molar-refractivity contribution in [3.05, 3.63) is 12.7 Å². The Hall–Kier alpha value is 0.117. The summed E-state index contributed by atoms with van der Waals surface area (Å²) in [5, 5.41) is 0. The van der Waals surface area contributed by atoms with Crippen molar-refractivity contribution in [2.24, 2.45) is 0 Å². The second kappa shape index (κ2) is 15.6. The van der Waals surface area contributed by atoms with Crippen molar-refractivity contribution < 1.29 is 14.6 Å². The van der Waals surface area contributed by atoms with Gasteiger partial charge in [-0.1, -0.05) is 83.9 Å². The predicted molar refractivity (Wildman–Crippen MR) is 109 cm³/mol. The van der Waals surface area contributed by atoms with E-state index in [1.54, 1.807) is 0 Å². The van der Waals surface area contributed by atoms with Gasteiger partial charge >= 0.3 is 5.97 Å². The van der Waals surface area contributed by atoms with Crippen LogP contribution in [0.4, 0.5) is 0 Å². The molecule has 0 heterocycles. The lowest BCUT2D eigenvalue weighted by atomic mass is 10.1. The second-order valence-corrected chi connectivity index (χ2v) is 19.5. The summed E-state index contributed by atoms with van der Waals surface area (Å²) in [6.07, 6.45) is 15.5. The normalized spacial score (nSPS) is 11.4. The Bertz CT molecular complexity index is 303. The first-order chi connectivity index (χ1) is 11.0. The summed E-state index contributed by atoms with van der Waals surface area (Å²) >= 11 is 2.68. The number of halogens is 1. The SMILES string of the molecule is C=CC(=O)OOCCCCCCCCCCCCC[Si](C)(C)I. The molecule has 0 saturated carbocycles. The average molecular weight is 454 g/mol. The maximum Gasteiger partial charge on any atom is 0.365 e. The molecule has 0 radical (unpaired) electrons. The third-order valence-corrected chi connectivity index (χ3v) is 6.97. The van der Waals surface area contributed by atoms with Gasteiger partial charge in [0.15, 0.2) is 0 Å². The molecule has 0 aromatic heterocycles. The zero-order chi connectivity index (χ0) is 17.4. The van der Waals surface area contributed by atoms with E-state index in [2.05, 4.69) is 46.4 Å². The number of carbonyl (C=O) groups is 1. The second-order valence-electron chi connectivity index (χ2n) is 6.79. The summed E-state index contributed by atoms with van der Waals surface area (Å²) < 4.78 is 0. The van der Waals surface area contributed by atoms with Crippen LogP contribution in [0.3, 0.4) is 0 Å². The fraction of sp³-hybridized carbons (Fsp3) is 0.833. The van der Waals surface area contributed by atoms with Crippen LogP contribution in [0.1, 0.15) is 70.6 Å². The topological polar surface area (TPSA) is 35.5 Å². The van der Waals surface area contributed by atoms with Crippen LogP contribution in [-0.2, 0) is 14.6 Å². The van der Waals surface area contributed by atoms with E-state index in [1.807, 2.05) is 0 Å². The van der Waals surface area contributed by atoms with E-state index in [0.717, 1.165) is 18.9 Å². The first kappa shape index (κ1) is 23.1. The summed E-state index contributed by atoms with van der Waals surface area (Å²) in [5.41, 5.74) is -0.835. The molecule has 0 aliphatic rings. The molecular formula is C18H35IO3Si. The lowest BCUT2D eigenvalue weighted by Gasteiger charge is -2.12. The first-order valence-corrected chi connectivity index (χ1v) is 15.4. The molecular weight excluding hydrogens is 419 g/mol. The van der Waals surface area contributed by atoms with Gasteiger partial charge in [0.05, 0.1) is 6.61 Å². The molecule has 5 heteroatoms. The fourth-order valence-electron chi connectivity index (χ4n) is 2.43. The maximum atomic E-state index is 10.7. The zero-order valence-corrected chi connectivity index (χ0v) is 18.2. The molecule has 0 saturated heterocycles. The van der Waals surface area contributed by atoms with Crippen LogP contribution in [0.5, 0.6) is 0 Å². The van der Waals surface area contributed by atoms with Crippen LogP contribution < -0.4 is 0 Å². The van der Waals surface area contributed by atoms with Gasteiger partial charge in [-0.25, -0.2) is 4.79 Å². The average Bonchev–Trinajstić information content (AvgIpc) is 2.49. The Morgan fingerprint density at radius 3 is 1.78 bits per heavy atom. The molecule has 0 aliphatic carbocycles. The summed E-state index contributed by atoms with van der Waals surface area (Å²) in [7, 11) is 0. The van der Waals surface area contributed by atoms with Gasteiger partial charge in [0.2, 0.25) is 0 Å². The lowest BCUT2D eigenvalue weighted by Crippen LogP contribution is -2.13. The van der Waals surface area contributed by atoms with Crippen molar-refractivity contribution in [2.75, 3.05) is 6.61 Å². The monoisotopic (exact) mass is 454 g/mol. The van der Waals surface area contributed by atoms with Crippen molar-refractivity contribution in [3.63, 3.8) is 0 Å². The summed E-state index contributed by atoms with van der Waals surface area (Å²) in [6, 6.07) is 1.48. The van der Waals surface area contributed by atoms with Gasteiger partial charge < -0.3 is 0 Å². The molecule has 0 bridgehead atoms. The molecule has 23 heavy (non-hydrogen) atoms. The van der Waals surface area contributed by atoms with E-state index in [1.165, 1.54) is 63.8 Å². The van der Waals surface area contributed by atoms with Crippen molar-refractivity contribution in [2.45, 2.75) is 89.8 Å². The highest BCUT2D eigenvalue weighted by Crippen LogP contribution is 2.21. The molecule has 0 atom stereocenters. The van der Waals surface area contributed by atoms with E-state index in [0.29, 0.717) is 6.61 Å². The smallest absolute Gasteiger partial charge is 0.294 e. The molecule has 3 nitrogen and oxygen atoms in total. The maximum absolute atomic E-state index is 10.7. The minimum atomic E-state index is -0.835. The highest BCUT2D eigenvalue weighted by Gasteiger charge is 2.14. The molecule has 0 aromatic carbocycles. The van der Waals surface area contributed by atoms with Crippen molar-refractivity contribution in [1.29, 1.82) is 0 Å². The third kappa shape index (κ3) is 20.1. The summed E-state index contributed by atoms with van der Waals surface area (Å²) in [6.45, 7) is 8.69. The lowest BCUT2D eigenvalue weighted by molar-refractivity contribution is -0.267. The van der Waals surface area contributed by atoms with Gasteiger partial charge in [-0.3, -0.25) is 4.89 Å². The van der Waals surface area contributed by atoms with Gasteiger partial charge in [-0.2, -0.15) is 4.89 Å². The largest absolute Gasteiger partial charge is 0.365 e. The van der Waals surface area contributed by atoms with Crippen LogP contribution >= 0.6 is 21.8 Å². The van der Waals surface area contributed by atoms with E-state index in [9.17, 15) is 4.79 Å². The number of unbranched alkanes of at least 4 members (excludes halogenated alkanes) is 10. The molecule has 0 aromatic rings. The van der Waals surface area contributed by atoms with Gasteiger partial charge in [-0.05, 0) is 12.5 Å². The van der Waals surface area contributed by atoms with Crippen LogP contribution in [0.2, 0.25) is 19.1 Å². The van der Waals surface area contributed by atoms with Gasteiger partial charge in [0.25, 0.3) is 0 Å². The highest BCUT2D eigenvalue weighted by molar-refractivity contribution is 14.1. The predicted octanol–water partition coefficient (Wildman–Crippen LogP) is 6.58. The van der Waals surface area contributed by atoms with Gasteiger partial charge in [0, 0.05) is 6.08 Å².